The van der Waals surface area contributed by atoms with Crippen LogP contribution in [0.15, 0.2) is 12.4 Å². The lowest BCUT2D eigenvalue weighted by atomic mass is 10.3. The van der Waals surface area contributed by atoms with Crippen LogP contribution in [0.1, 0.15) is 25.2 Å². The first kappa shape index (κ1) is 14.2. The molecule has 0 fully saturated rings. The molecule has 0 saturated heterocycles. The van der Waals surface area contributed by atoms with Crippen molar-refractivity contribution >= 4 is 0 Å². The first-order chi connectivity index (χ1) is 8.33. The molecule has 0 spiro atoms. The summed E-state index contributed by atoms with van der Waals surface area (Å²) in [6.45, 7) is 5.00. The van der Waals surface area contributed by atoms with Gasteiger partial charge in [-0.25, -0.2) is 4.98 Å². The molecule has 17 heavy (non-hydrogen) atoms. The number of nitrogens with zero attached hydrogens (tertiary/aromatic N) is 2. The molecule has 1 unspecified atom stereocenters. The lowest BCUT2D eigenvalue weighted by molar-refractivity contribution is 0.0580. The van der Waals surface area contributed by atoms with Crippen LogP contribution in [0.4, 0.5) is 0 Å². The number of rotatable bonds is 9. The normalized spacial score (nSPS) is 12.9. The number of nitrogens with one attached hydrogen (secondary N) is 1. The van der Waals surface area contributed by atoms with Crippen molar-refractivity contribution in [3.05, 3.63) is 18.2 Å². The van der Waals surface area contributed by atoms with Gasteiger partial charge in [0, 0.05) is 26.0 Å². The highest BCUT2D eigenvalue weighted by atomic mass is 16.5. The third-order valence-electron chi connectivity index (χ3n) is 2.59. The van der Waals surface area contributed by atoms with E-state index in [0.717, 1.165) is 18.8 Å². The summed E-state index contributed by atoms with van der Waals surface area (Å²) in [7, 11) is 3.60. The van der Waals surface area contributed by atoms with E-state index in [1.54, 1.807) is 7.11 Å². The van der Waals surface area contributed by atoms with Gasteiger partial charge < -0.3 is 19.4 Å². The van der Waals surface area contributed by atoms with Crippen LogP contribution in [0.5, 0.6) is 0 Å². The number of imidazole rings is 1. The Morgan fingerprint density at radius 2 is 2.29 bits per heavy atom. The van der Waals surface area contributed by atoms with Gasteiger partial charge in [-0.2, -0.15) is 0 Å². The molecule has 0 aliphatic carbocycles. The largest absolute Gasteiger partial charge is 0.382 e. The molecule has 1 heterocycles. The number of aromatic nitrogens is 2. The van der Waals surface area contributed by atoms with E-state index in [1.165, 1.54) is 0 Å². The zero-order valence-electron chi connectivity index (χ0n) is 11.0. The van der Waals surface area contributed by atoms with E-state index in [4.69, 9.17) is 9.47 Å². The van der Waals surface area contributed by atoms with Crippen LogP contribution in [0.2, 0.25) is 0 Å². The monoisotopic (exact) mass is 241 g/mol. The predicted molar refractivity (Wildman–Crippen MR) is 67.0 cm³/mol. The maximum atomic E-state index is 5.54. The molecule has 1 N–H and O–H groups in total. The fourth-order valence-corrected chi connectivity index (χ4v) is 1.69. The van der Waals surface area contributed by atoms with Crippen molar-refractivity contribution in [3.8, 4) is 0 Å². The van der Waals surface area contributed by atoms with Crippen molar-refractivity contribution in [1.29, 1.82) is 0 Å². The number of aryl methyl sites for hydroxylation is 1. The van der Waals surface area contributed by atoms with Crippen molar-refractivity contribution in [2.75, 3.05) is 34.0 Å². The van der Waals surface area contributed by atoms with Gasteiger partial charge in [0.25, 0.3) is 0 Å². The number of methoxy groups -OCH3 is 1. The number of likely N-dealkylation sites (N-methyl/N-ethyl adjacent to an activating group) is 1. The topological polar surface area (TPSA) is 48.3 Å². The quantitative estimate of drug-likeness (QED) is 0.660. The molecule has 0 aromatic carbocycles. The molecule has 0 bridgehead atoms. The SMILES string of the molecule is CCCn1ccnc1C(COCCOC)NC. The molecule has 5 heteroatoms. The molecular formula is C12H23N3O2. The molecule has 0 amide bonds. The minimum Gasteiger partial charge on any atom is -0.382 e. The van der Waals surface area contributed by atoms with Crippen molar-refractivity contribution in [2.24, 2.45) is 0 Å². The van der Waals surface area contributed by atoms with Crippen LogP contribution in [-0.2, 0) is 16.0 Å². The first-order valence-corrected chi connectivity index (χ1v) is 6.08. The van der Waals surface area contributed by atoms with Crippen LogP contribution in [0.25, 0.3) is 0 Å². The van der Waals surface area contributed by atoms with Crippen molar-refractivity contribution in [2.45, 2.75) is 25.9 Å². The molecule has 98 valence electrons. The van der Waals surface area contributed by atoms with Crippen molar-refractivity contribution in [3.63, 3.8) is 0 Å². The Morgan fingerprint density at radius 3 is 2.94 bits per heavy atom. The molecule has 1 aromatic rings. The van der Waals surface area contributed by atoms with Crippen LogP contribution in [-0.4, -0.2) is 43.5 Å². The molecule has 5 nitrogen and oxygen atoms in total. The lowest BCUT2D eigenvalue weighted by Crippen LogP contribution is -2.26. The molecule has 0 aliphatic rings. The van der Waals surface area contributed by atoms with E-state index in [1.807, 2.05) is 19.4 Å². The van der Waals surface area contributed by atoms with Gasteiger partial charge >= 0.3 is 0 Å². The zero-order chi connectivity index (χ0) is 12.5. The van der Waals surface area contributed by atoms with Crippen LogP contribution >= 0.6 is 0 Å². The minimum absolute atomic E-state index is 0.133. The second-order valence-electron chi connectivity index (χ2n) is 3.89. The van der Waals surface area contributed by atoms with Gasteiger partial charge in [0.2, 0.25) is 0 Å². The molecule has 0 radical (unpaired) electrons. The summed E-state index contributed by atoms with van der Waals surface area (Å²) in [6, 6.07) is 0.133. The molecular weight excluding hydrogens is 218 g/mol. The van der Waals surface area contributed by atoms with Gasteiger partial charge in [0.15, 0.2) is 0 Å². The summed E-state index contributed by atoms with van der Waals surface area (Å²) in [5, 5.41) is 3.23. The second-order valence-corrected chi connectivity index (χ2v) is 3.89. The Kier molecular flexibility index (Phi) is 6.84. The Morgan fingerprint density at radius 1 is 1.47 bits per heavy atom. The Hall–Kier alpha value is -0.910. The molecule has 1 aromatic heterocycles. The molecule has 0 saturated carbocycles. The third kappa shape index (κ3) is 4.46. The molecule has 1 rings (SSSR count). The minimum atomic E-state index is 0.133. The van der Waals surface area contributed by atoms with Crippen molar-refractivity contribution < 1.29 is 9.47 Å². The zero-order valence-corrected chi connectivity index (χ0v) is 11.0. The Balaban J connectivity index is 2.50. The van der Waals surface area contributed by atoms with Gasteiger partial charge in [-0.15, -0.1) is 0 Å². The van der Waals surface area contributed by atoms with Gasteiger partial charge in [-0.1, -0.05) is 6.92 Å². The van der Waals surface area contributed by atoms with Crippen LogP contribution < -0.4 is 5.32 Å². The van der Waals surface area contributed by atoms with Gasteiger partial charge in [0.1, 0.15) is 5.82 Å². The fourth-order valence-electron chi connectivity index (χ4n) is 1.69. The van der Waals surface area contributed by atoms with E-state index in [9.17, 15) is 0 Å². The third-order valence-corrected chi connectivity index (χ3v) is 2.59. The second kappa shape index (κ2) is 8.22. The van der Waals surface area contributed by atoms with E-state index >= 15 is 0 Å². The maximum Gasteiger partial charge on any atom is 0.128 e. The highest BCUT2D eigenvalue weighted by molar-refractivity contribution is 4.99. The summed E-state index contributed by atoms with van der Waals surface area (Å²) >= 11 is 0. The van der Waals surface area contributed by atoms with Gasteiger partial charge in [-0.05, 0) is 13.5 Å². The standard InChI is InChI=1S/C12H23N3O2/c1-4-6-15-7-5-14-12(15)11(13-2)10-17-9-8-16-3/h5,7,11,13H,4,6,8-10H2,1-3H3. The number of hydrogen-bond acceptors (Lipinski definition) is 4. The average molecular weight is 241 g/mol. The molecule has 1 atom stereocenters. The summed E-state index contributed by atoms with van der Waals surface area (Å²) in [6.07, 6.45) is 4.95. The van der Waals surface area contributed by atoms with Gasteiger partial charge in [-0.3, -0.25) is 0 Å². The van der Waals surface area contributed by atoms with Crippen LogP contribution in [0.3, 0.4) is 0 Å². The molecule has 0 aliphatic heterocycles. The summed E-state index contributed by atoms with van der Waals surface area (Å²) in [5.74, 6) is 1.03. The van der Waals surface area contributed by atoms with E-state index < -0.39 is 0 Å². The van der Waals surface area contributed by atoms with Crippen molar-refractivity contribution in [1.82, 2.24) is 14.9 Å². The van der Waals surface area contributed by atoms with E-state index in [0.29, 0.717) is 19.8 Å². The first-order valence-electron chi connectivity index (χ1n) is 6.08. The average Bonchev–Trinajstić information content (AvgIpc) is 2.78. The summed E-state index contributed by atoms with van der Waals surface area (Å²) < 4.78 is 12.7. The number of ether oxygens (including phenoxy) is 2. The smallest absolute Gasteiger partial charge is 0.128 e. The lowest BCUT2D eigenvalue weighted by Gasteiger charge is -2.17. The maximum absolute atomic E-state index is 5.54. The predicted octanol–water partition coefficient (Wildman–Crippen LogP) is 1.22. The number of hydrogen-bond donors (Lipinski definition) is 1. The Bertz CT molecular complexity index is 302. The highest BCUT2D eigenvalue weighted by Crippen LogP contribution is 2.11. The highest BCUT2D eigenvalue weighted by Gasteiger charge is 2.14. The van der Waals surface area contributed by atoms with Crippen LogP contribution in [0, 0.1) is 0 Å². The summed E-state index contributed by atoms with van der Waals surface area (Å²) in [5.41, 5.74) is 0. The fraction of sp³-hybridized carbons (Fsp3) is 0.750. The summed E-state index contributed by atoms with van der Waals surface area (Å²) in [4.78, 5) is 4.39. The Labute approximate surface area is 103 Å². The van der Waals surface area contributed by atoms with Gasteiger partial charge in [0.05, 0.1) is 25.9 Å². The van der Waals surface area contributed by atoms with E-state index in [-0.39, 0.29) is 6.04 Å². The van der Waals surface area contributed by atoms with E-state index in [2.05, 4.69) is 21.8 Å².